The fourth-order valence-corrected chi connectivity index (χ4v) is 3.75. The Morgan fingerprint density at radius 2 is 2.09 bits per heavy atom. The largest absolute Gasteiger partial charge is 0.338 e. The summed E-state index contributed by atoms with van der Waals surface area (Å²) in [6, 6.07) is 11.3. The van der Waals surface area contributed by atoms with E-state index in [4.69, 9.17) is 0 Å². The summed E-state index contributed by atoms with van der Waals surface area (Å²) in [6.07, 6.45) is 6.43. The van der Waals surface area contributed by atoms with Gasteiger partial charge in [0.2, 0.25) is 5.91 Å². The predicted octanol–water partition coefficient (Wildman–Crippen LogP) is 2.26. The number of carbonyl (C=O) groups is 1. The third-order valence-electron chi connectivity index (χ3n) is 4.89. The summed E-state index contributed by atoms with van der Waals surface area (Å²) in [7, 11) is 0. The van der Waals surface area contributed by atoms with E-state index in [1.807, 2.05) is 6.07 Å². The lowest BCUT2D eigenvalue weighted by molar-refractivity contribution is -0.134. The van der Waals surface area contributed by atoms with E-state index in [1.54, 1.807) is 0 Å². The highest BCUT2D eigenvalue weighted by molar-refractivity contribution is 5.82. The minimum Gasteiger partial charge on any atom is -0.338 e. The zero-order chi connectivity index (χ0) is 15.4. The zero-order valence-electron chi connectivity index (χ0n) is 13.4. The average molecular weight is 301 g/mol. The lowest BCUT2D eigenvalue weighted by atomic mass is 10.0. The molecular formula is C18H27N3O. The highest BCUT2D eigenvalue weighted by atomic mass is 16.2. The Morgan fingerprint density at radius 3 is 2.86 bits per heavy atom. The van der Waals surface area contributed by atoms with Gasteiger partial charge in [0.25, 0.3) is 0 Å². The van der Waals surface area contributed by atoms with Gasteiger partial charge in [-0.1, -0.05) is 43.7 Å². The predicted molar refractivity (Wildman–Crippen MR) is 88.3 cm³/mol. The van der Waals surface area contributed by atoms with E-state index >= 15 is 0 Å². The molecule has 0 radical (unpaired) electrons. The van der Waals surface area contributed by atoms with Crippen LogP contribution in [-0.2, 0) is 11.2 Å². The van der Waals surface area contributed by atoms with E-state index in [-0.39, 0.29) is 11.9 Å². The number of rotatable bonds is 5. The number of hydrogen-bond acceptors (Lipinski definition) is 3. The van der Waals surface area contributed by atoms with Crippen molar-refractivity contribution in [2.45, 2.75) is 63.6 Å². The Hall–Kier alpha value is -1.39. The normalized spacial score (nSPS) is 28.2. The molecule has 0 bridgehead atoms. The van der Waals surface area contributed by atoms with Crippen LogP contribution >= 0.6 is 0 Å². The van der Waals surface area contributed by atoms with E-state index in [1.165, 1.54) is 5.56 Å². The molecule has 2 aliphatic heterocycles. The molecule has 4 nitrogen and oxygen atoms in total. The van der Waals surface area contributed by atoms with Crippen molar-refractivity contribution in [1.29, 1.82) is 0 Å². The average Bonchev–Trinajstić information content (AvgIpc) is 3.18. The van der Waals surface area contributed by atoms with Crippen LogP contribution in [0.5, 0.6) is 0 Å². The Balaban J connectivity index is 1.59. The van der Waals surface area contributed by atoms with Gasteiger partial charge >= 0.3 is 0 Å². The first-order valence-corrected chi connectivity index (χ1v) is 8.63. The van der Waals surface area contributed by atoms with Gasteiger partial charge in [-0.2, -0.15) is 0 Å². The van der Waals surface area contributed by atoms with Crippen LogP contribution in [0.15, 0.2) is 30.3 Å². The minimum absolute atomic E-state index is 0.0482. The molecule has 1 amide bonds. The van der Waals surface area contributed by atoms with E-state index in [0.29, 0.717) is 12.1 Å². The number of nitrogens with zero attached hydrogens (tertiary/aromatic N) is 1. The highest BCUT2D eigenvalue weighted by Crippen LogP contribution is 2.23. The summed E-state index contributed by atoms with van der Waals surface area (Å²) in [5.74, 6) is 0.282. The third kappa shape index (κ3) is 3.50. The maximum absolute atomic E-state index is 12.8. The molecule has 2 N–H and O–H groups in total. The second kappa shape index (κ2) is 7.25. The van der Waals surface area contributed by atoms with Crippen LogP contribution in [0.25, 0.3) is 0 Å². The lowest BCUT2D eigenvalue weighted by Crippen LogP contribution is -2.48. The van der Waals surface area contributed by atoms with Crippen molar-refractivity contribution in [3.8, 4) is 0 Å². The lowest BCUT2D eigenvalue weighted by Gasteiger charge is -2.27. The first kappa shape index (κ1) is 15.5. The van der Waals surface area contributed by atoms with Crippen molar-refractivity contribution >= 4 is 5.91 Å². The Bertz CT molecular complexity index is 490. The molecule has 4 heteroatoms. The van der Waals surface area contributed by atoms with Gasteiger partial charge in [-0.05, 0) is 37.7 Å². The van der Waals surface area contributed by atoms with Gasteiger partial charge in [-0.3, -0.25) is 10.2 Å². The number of carbonyl (C=O) groups excluding carboxylic acids is 1. The molecule has 0 spiro atoms. The fraction of sp³-hybridized carbons (Fsp3) is 0.611. The van der Waals surface area contributed by atoms with Gasteiger partial charge in [-0.15, -0.1) is 0 Å². The topological polar surface area (TPSA) is 44.4 Å². The molecule has 2 aliphatic rings. The van der Waals surface area contributed by atoms with Crippen molar-refractivity contribution in [2.75, 3.05) is 6.54 Å². The van der Waals surface area contributed by atoms with Crippen LogP contribution in [0.1, 0.15) is 44.6 Å². The summed E-state index contributed by atoms with van der Waals surface area (Å²) in [4.78, 5) is 14.9. The summed E-state index contributed by atoms with van der Waals surface area (Å²) in [6.45, 7) is 3.10. The van der Waals surface area contributed by atoms with Crippen molar-refractivity contribution < 1.29 is 4.79 Å². The summed E-state index contributed by atoms with van der Waals surface area (Å²) >= 11 is 0. The van der Waals surface area contributed by atoms with Crippen LogP contribution in [-0.4, -0.2) is 35.5 Å². The maximum atomic E-state index is 12.8. The van der Waals surface area contributed by atoms with Gasteiger partial charge in [-0.25, -0.2) is 5.43 Å². The van der Waals surface area contributed by atoms with Crippen LogP contribution < -0.4 is 10.9 Å². The van der Waals surface area contributed by atoms with Gasteiger partial charge in [0.15, 0.2) is 0 Å². The molecule has 0 aromatic heterocycles. The van der Waals surface area contributed by atoms with Crippen molar-refractivity contribution in [2.24, 2.45) is 0 Å². The third-order valence-corrected chi connectivity index (χ3v) is 4.89. The standard InChI is InChI=1S/C18H27N3O/c1-2-7-15-13-17(20-19-15)18(22)21-11-6-10-16(21)12-14-8-4-3-5-9-14/h3-5,8-9,15-17,19-20H,2,6-7,10-13H2,1H3. The minimum atomic E-state index is -0.0482. The number of likely N-dealkylation sites (tertiary alicyclic amines) is 1. The van der Waals surface area contributed by atoms with Gasteiger partial charge in [0, 0.05) is 18.6 Å². The van der Waals surface area contributed by atoms with Gasteiger partial charge in [0.1, 0.15) is 6.04 Å². The van der Waals surface area contributed by atoms with Gasteiger partial charge < -0.3 is 4.90 Å². The fourth-order valence-electron chi connectivity index (χ4n) is 3.75. The maximum Gasteiger partial charge on any atom is 0.241 e. The second-order valence-electron chi connectivity index (χ2n) is 6.58. The smallest absolute Gasteiger partial charge is 0.241 e. The molecule has 120 valence electrons. The Kier molecular flexibility index (Phi) is 5.11. The summed E-state index contributed by atoms with van der Waals surface area (Å²) < 4.78 is 0. The Labute approximate surface area is 133 Å². The van der Waals surface area contributed by atoms with Crippen molar-refractivity contribution in [1.82, 2.24) is 15.8 Å². The van der Waals surface area contributed by atoms with E-state index in [9.17, 15) is 4.79 Å². The van der Waals surface area contributed by atoms with Crippen LogP contribution in [0, 0.1) is 0 Å². The number of hydrazine groups is 1. The molecular weight excluding hydrogens is 274 g/mol. The summed E-state index contributed by atoms with van der Waals surface area (Å²) in [5, 5.41) is 0. The molecule has 3 atom stereocenters. The summed E-state index contributed by atoms with van der Waals surface area (Å²) in [5.41, 5.74) is 7.82. The van der Waals surface area contributed by atoms with E-state index < -0.39 is 0 Å². The van der Waals surface area contributed by atoms with Crippen molar-refractivity contribution in [3.05, 3.63) is 35.9 Å². The van der Waals surface area contributed by atoms with Crippen LogP contribution in [0.2, 0.25) is 0 Å². The molecule has 1 aromatic rings. The molecule has 2 heterocycles. The number of amides is 1. The van der Waals surface area contributed by atoms with E-state index in [0.717, 1.165) is 45.1 Å². The monoisotopic (exact) mass is 301 g/mol. The first-order chi connectivity index (χ1) is 10.8. The number of hydrogen-bond donors (Lipinski definition) is 2. The highest BCUT2D eigenvalue weighted by Gasteiger charge is 2.36. The zero-order valence-corrected chi connectivity index (χ0v) is 13.4. The second-order valence-corrected chi connectivity index (χ2v) is 6.58. The van der Waals surface area contributed by atoms with Crippen molar-refractivity contribution in [3.63, 3.8) is 0 Å². The Morgan fingerprint density at radius 1 is 1.27 bits per heavy atom. The molecule has 3 rings (SSSR count). The van der Waals surface area contributed by atoms with Gasteiger partial charge in [0.05, 0.1) is 0 Å². The molecule has 0 aliphatic carbocycles. The van der Waals surface area contributed by atoms with Crippen LogP contribution in [0.4, 0.5) is 0 Å². The number of benzene rings is 1. The van der Waals surface area contributed by atoms with E-state index in [2.05, 4.69) is 46.9 Å². The molecule has 3 unspecified atom stereocenters. The van der Waals surface area contributed by atoms with Crippen LogP contribution in [0.3, 0.4) is 0 Å². The number of nitrogens with one attached hydrogen (secondary N) is 2. The molecule has 1 aromatic carbocycles. The quantitative estimate of drug-likeness (QED) is 0.877. The molecule has 0 saturated carbocycles. The first-order valence-electron chi connectivity index (χ1n) is 8.63. The molecule has 2 saturated heterocycles. The molecule has 2 fully saturated rings. The SMILES string of the molecule is CCCC1CC(C(=O)N2CCCC2Cc2ccccc2)NN1. The molecule has 22 heavy (non-hydrogen) atoms.